The Morgan fingerprint density at radius 1 is 0.442 bits per heavy atom. The average molecular weight is 607 g/mol. The van der Waals surface area contributed by atoms with Crippen molar-refractivity contribution in [1.29, 1.82) is 0 Å². The van der Waals surface area contributed by atoms with Crippen molar-refractivity contribution in [3.8, 4) is 11.1 Å². The number of thioether (sulfide) groups is 2. The molecule has 0 bridgehead atoms. The monoisotopic (exact) mass is 606 g/mol. The fraction of sp³-hybridized carbons (Fsp3) is 0.100. The van der Waals surface area contributed by atoms with Crippen molar-refractivity contribution in [3.63, 3.8) is 0 Å². The molecule has 1 aliphatic heterocycles. The van der Waals surface area contributed by atoms with Crippen LogP contribution < -0.4 is 20.7 Å². The van der Waals surface area contributed by atoms with Gasteiger partial charge in [-0.25, -0.2) is 0 Å². The quantitative estimate of drug-likeness (QED) is 0.126. The summed E-state index contributed by atoms with van der Waals surface area (Å²) in [6.07, 6.45) is 0. The van der Waals surface area contributed by atoms with Gasteiger partial charge >= 0.3 is 0 Å². The largest absolute Gasteiger partial charge is 0.180 e. The summed E-state index contributed by atoms with van der Waals surface area (Å²) in [5, 5.41) is 5.95. The van der Waals surface area contributed by atoms with Crippen molar-refractivity contribution in [2.45, 2.75) is 35.1 Å². The van der Waals surface area contributed by atoms with Crippen molar-refractivity contribution in [3.05, 3.63) is 168 Å². The fourth-order valence-corrected chi connectivity index (χ4v) is 13.9. The van der Waals surface area contributed by atoms with E-state index < -0.39 is 8.07 Å². The second-order valence-corrected chi connectivity index (χ2v) is 17.1. The van der Waals surface area contributed by atoms with Crippen LogP contribution in [0.25, 0.3) is 11.1 Å². The number of hydrogen-bond donors (Lipinski definition) is 0. The lowest BCUT2D eigenvalue weighted by molar-refractivity contribution is 1.29. The lowest BCUT2D eigenvalue weighted by Gasteiger charge is -2.32. The van der Waals surface area contributed by atoms with E-state index in [-0.39, 0.29) is 0 Å². The molecule has 7 rings (SSSR count). The Morgan fingerprint density at radius 2 is 0.791 bits per heavy atom. The van der Waals surface area contributed by atoms with Gasteiger partial charge in [0.25, 0.3) is 0 Å². The molecule has 0 N–H and O–H groups in total. The Balaban J connectivity index is 1.43. The molecular weight excluding hydrogens is 573 g/mol. The molecule has 1 aliphatic rings. The summed E-state index contributed by atoms with van der Waals surface area (Å²) < 4.78 is 0. The van der Waals surface area contributed by atoms with Crippen LogP contribution in [-0.2, 0) is 11.5 Å². The Bertz CT molecular complexity index is 1730. The van der Waals surface area contributed by atoms with E-state index in [0.717, 1.165) is 11.5 Å². The van der Waals surface area contributed by atoms with Crippen LogP contribution in [0.2, 0.25) is 0 Å². The van der Waals surface area contributed by atoms with Crippen LogP contribution in [0.15, 0.2) is 155 Å². The molecule has 0 aromatic heterocycles. The van der Waals surface area contributed by atoms with Gasteiger partial charge in [-0.1, -0.05) is 133 Å². The molecule has 1 heterocycles. The SMILES string of the molecule is Cc1cc2c(cc1SCc1ccccc1)-c1cc(SCc3ccccc3)c(C)cc1[Si]2(c1ccccc1)c1ccccc1. The minimum absolute atomic E-state index is 0.972. The number of rotatable bonds is 8. The maximum Gasteiger partial charge on any atom is 0.180 e. The predicted octanol–water partition coefficient (Wildman–Crippen LogP) is 8.25. The molecule has 0 nitrogen and oxygen atoms in total. The van der Waals surface area contributed by atoms with E-state index in [1.807, 2.05) is 23.5 Å². The van der Waals surface area contributed by atoms with Gasteiger partial charge in [-0.2, -0.15) is 0 Å². The first kappa shape index (κ1) is 28.0. The first-order valence-electron chi connectivity index (χ1n) is 14.9. The van der Waals surface area contributed by atoms with E-state index in [2.05, 4.69) is 159 Å². The Kier molecular flexibility index (Phi) is 7.88. The summed E-state index contributed by atoms with van der Waals surface area (Å²) in [5.41, 5.74) is 8.29. The van der Waals surface area contributed by atoms with Crippen LogP contribution in [0.5, 0.6) is 0 Å². The summed E-state index contributed by atoms with van der Waals surface area (Å²) in [4.78, 5) is 2.75. The minimum Gasteiger partial charge on any atom is -0.121 e. The lowest BCUT2D eigenvalue weighted by atomic mass is 10.0. The summed E-state index contributed by atoms with van der Waals surface area (Å²) in [6.45, 7) is 4.61. The average Bonchev–Trinajstić information content (AvgIpc) is 3.32. The predicted molar refractivity (Wildman–Crippen MR) is 191 cm³/mol. The molecule has 0 aliphatic carbocycles. The smallest absolute Gasteiger partial charge is 0.121 e. The summed E-state index contributed by atoms with van der Waals surface area (Å²) >= 11 is 3.92. The maximum absolute atomic E-state index is 2.54. The van der Waals surface area contributed by atoms with Crippen LogP contribution in [0, 0.1) is 13.8 Å². The molecule has 6 aromatic rings. The van der Waals surface area contributed by atoms with E-state index >= 15 is 0 Å². The van der Waals surface area contributed by atoms with Gasteiger partial charge in [0.1, 0.15) is 0 Å². The first-order chi connectivity index (χ1) is 21.1. The normalized spacial score (nSPS) is 13.0. The van der Waals surface area contributed by atoms with E-state index in [9.17, 15) is 0 Å². The third-order valence-corrected chi connectivity index (χ3v) is 15.9. The molecule has 0 radical (unpaired) electrons. The van der Waals surface area contributed by atoms with E-state index in [1.54, 1.807) is 0 Å². The van der Waals surface area contributed by atoms with Gasteiger partial charge in [0, 0.05) is 21.3 Å². The Hall–Kier alpha value is -3.76. The molecule has 210 valence electrons. The van der Waals surface area contributed by atoms with E-state index in [4.69, 9.17) is 0 Å². The highest BCUT2D eigenvalue weighted by atomic mass is 32.2. The van der Waals surface area contributed by atoms with Crippen molar-refractivity contribution in [2.75, 3.05) is 0 Å². The van der Waals surface area contributed by atoms with Gasteiger partial charge in [0.15, 0.2) is 8.07 Å². The van der Waals surface area contributed by atoms with Gasteiger partial charge in [0.2, 0.25) is 0 Å². The third-order valence-electron chi connectivity index (χ3n) is 8.62. The van der Waals surface area contributed by atoms with Crippen molar-refractivity contribution in [2.24, 2.45) is 0 Å². The Morgan fingerprint density at radius 3 is 1.16 bits per heavy atom. The second kappa shape index (κ2) is 12.1. The Labute approximate surface area is 265 Å². The van der Waals surface area contributed by atoms with Crippen molar-refractivity contribution >= 4 is 52.3 Å². The molecule has 3 heteroatoms. The van der Waals surface area contributed by atoms with Crippen LogP contribution in [0.4, 0.5) is 0 Å². The number of aryl methyl sites for hydroxylation is 2. The molecule has 0 atom stereocenters. The molecule has 0 unspecified atom stereocenters. The first-order valence-corrected chi connectivity index (χ1v) is 18.9. The van der Waals surface area contributed by atoms with Gasteiger partial charge < -0.3 is 0 Å². The van der Waals surface area contributed by atoms with Crippen molar-refractivity contribution < 1.29 is 0 Å². The number of fused-ring (bicyclic) bond motifs is 3. The van der Waals surface area contributed by atoms with Crippen LogP contribution >= 0.6 is 23.5 Å². The highest BCUT2D eigenvalue weighted by Crippen LogP contribution is 2.38. The summed E-state index contributed by atoms with van der Waals surface area (Å²) in [5.74, 6) is 1.94. The zero-order chi connectivity index (χ0) is 29.2. The van der Waals surface area contributed by atoms with E-state index in [0.29, 0.717) is 0 Å². The zero-order valence-electron chi connectivity index (χ0n) is 24.6. The maximum atomic E-state index is 2.54. The van der Waals surface area contributed by atoms with Crippen LogP contribution in [0.3, 0.4) is 0 Å². The molecule has 0 amide bonds. The summed E-state index contributed by atoms with van der Waals surface area (Å²) in [7, 11) is -2.53. The third kappa shape index (κ3) is 5.20. The zero-order valence-corrected chi connectivity index (χ0v) is 27.2. The van der Waals surface area contributed by atoms with Gasteiger partial charge in [-0.15, -0.1) is 23.5 Å². The molecule has 43 heavy (non-hydrogen) atoms. The number of benzene rings is 6. The number of hydrogen-bond acceptors (Lipinski definition) is 2. The standard InChI is InChI=1S/C40H34S2Si/c1-29-23-39-35(25-37(29)41-27-31-15-7-3-8-16-31)36-26-38(42-28-32-17-9-4-10-18-32)30(2)24-40(36)43(39,33-19-11-5-12-20-33)34-21-13-6-14-22-34/h3-26H,27-28H2,1-2H3. The summed E-state index contributed by atoms with van der Waals surface area (Å²) in [6, 6.07) is 54.4. The second-order valence-electron chi connectivity index (χ2n) is 11.4. The van der Waals surface area contributed by atoms with Crippen molar-refractivity contribution in [1.82, 2.24) is 0 Å². The molecular formula is C40H34S2Si. The molecule has 0 spiro atoms. The molecule has 6 aromatic carbocycles. The minimum atomic E-state index is -2.53. The fourth-order valence-electron chi connectivity index (χ4n) is 6.53. The van der Waals surface area contributed by atoms with Gasteiger partial charge in [-0.05, 0) is 80.1 Å². The van der Waals surface area contributed by atoms with E-state index in [1.165, 1.54) is 63.9 Å². The van der Waals surface area contributed by atoms with Crippen LogP contribution in [0.1, 0.15) is 22.3 Å². The van der Waals surface area contributed by atoms with Gasteiger partial charge in [0.05, 0.1) is 0 Å². The lowest BCUT2D eigenvalue weighted by Crippen LogP contribution is -2.72. The topological polar surface area (TPSA) is 0 Å². The highest BCUT2D eigenvalue weighted by Gasteiger charge is 2.49. The molecule has 0 saturated heterocycles. The van der Waals surface area contributed by atoms with Crippen LogP contribution in [-0.4, -0.2) is 8.07 Å². The highest BCUT2D eigenvalue weighted by molar-refractivity contribution is 7.98. The molecule has 0 saturated carbocycles. The van der Waals surface area contributed by atoms with Gasteiger partial charge in [-0.3, -0.25) is 0 Å². The molecule has 0 fully saturated rings.